The van der Waals surface area contributed by atoms with E-state index in [1.807, 2.05) is 6.07 Å². The number of benzene rings is 2. The number of nitrogens with two attached hydrogens (primary N) is 1. The Morgan fingerprint density at radius 3 is 2.43 bits per heavy atom. The van der Waals surface area contributed by atoms with Gasteiger partial charge in [0.05, 0.1) is 10.6 Å². The van der Waals surface area contributed by atoms with Gasteiger partial charge < -0.3 is 11.1 Å². The number of hydrogen-bond donors (Lipinski definition) is 2. The highest BCUT2D eigenvalue weighted by Crippen LogP contribution is 2.24. The van der Waals surface area contributed by atoms with Crippen LogP contribution in [0.15, 0.2) is 42.5 Å². The van der Waals surface area contributed by atoms with Crippen LogP contribution in [0.1, 0.15) is 41.4 Å². The van der Waals surface area contributed by atoms with Gasteiger partial charge in [-0.2, -0.15) is 0 Å². The van der Waals surface area contributed by atoms with E-state index in [9.17, 15) is 4.79 Å². The Morgan fingerprint density at radius 1 is 1.24 bits per heavy atom. The predicted molar refractivity (Wildman–Crippen MR) is 87.8 cm³/mol. The molecule has 0 spiro atoms. The van der Waals surface area contributed by atoms with Crippen molar-refractivity contribution in [3.05, 3.63) is 64.2 Å². The van der Waals surface area contributed by atoms with Gasteiger partial charge in [-0.05, 0) is 42.7 Å². The van der Waals surface area contributed by atoms with Gasteiger partial charge in [-0.1, -0.05) is 42.8 Å². The summed E-state index contributed by atoms with van der Waals surface area (Å²) in [5.74, 6) is -0.519. The number of aryl methyl sites for hydroxylation is 1. The van der Waals surface area contributed by atoms with E-state index in [0.29, 0.717) is 10.6 Å². The first kappa shape index (κ1) is 15.4. The topological polar surface area (TPSA) is 55.1 Å². The van der Waals surface area contributed by atoms with E-state index < -0.39 is 5.91 Å². The van der Waals surface area contributed by atoms with Crippen molar-refractivity contribution in [2.45, 2.75) is 26.3 Å². The number of primary amides is 1. The van der Waals surface area contributed by atoms with Gasteiger partial charge in [0.25, 0.3) is 0 Å². The number of carbonyl (C=O) groups excluding carboxylic acids is 1. The zero-order chi connectivity index (χ0) is 15.4. The van der Waals surface area contributed by atoms with Crippen LogP contribution in [0, 0.1) is 0 Å². The Balaban J connectivity index is 2.13. The Hall–Kier alpha value is -2.00. The highest BCUT2D eigenvalue weighted by atomic mass is 35.5. The Kier molecular flexibility index (Phi) is 4.86. The molecule has 0 bridgehead atoms. The molecule has 3 N–H and O–H groups in total. The zero-order valence-corrected chi connectivity index (χ0v) is 12.9. The number of anilines is 1. The van der Waals surface area contributed by atoms with Gasteiger partial charge in [0.1, 0.15) is 0 Å². The van der Waals surface area contributed by atoms with Gasteiger partial charge in [0.15, 0.2) is 0 Å². The van der Waals surface area contributed by atoms with Crippen LogP contribution in [-0.2, 0) is 6.42 Å². The Morgan fingerprint density at radius 2 is 1.90 bits per heavy atom. The molecule has 3 nitrogen and oxygen atoms in total. The molecule has 0 saturated carbocycles. The quantitative estimate of drug-likeness (QED) is 0.870. The van der Waals surface area contributed by atoms with Crippen molar-refractivity contribution in [1.29, 1.82) is 0 Å². The van der Waals surface area contributed by atoms with Crippen molar-refractivity contribution in [2.24, 2.45) is 5.73 Å². The van der Waals surface area contributed by atoms with Gasteiger partial charge in [-0.25, -0.2) is 0 Å². The number of rotatable bonds is 5. The standard InChI is InChI=1S/C17H19ClN2O/c1-3-12-4-6-13(7-5-12)11(2)20-14-8-9-15(17(19)21)16(18)10-14/h4-11,20H,3H2,1-2H3,(H2,19,21). The fourth-order valence-electron chi connectivity index (χ4n) is 2.18. The number of carbonyl (C=O) groups is 1. The molecule has 0 aliphatic heterocycles. The molecule has 1 atom stereocenters. The van der Waals surface area contributed by atoms with Gasteiger partial charge >= 0.3 is 0 Å². The fourth-order valence-corrected chi connectivity index (χ4v) is 2.45. The lowest BCUT2D eigenvalue weighted by Gasteiger charge is -2.16. The molecule has 4 heteroatoms. The highest BCUT2D eigenvalue weighted by molar-refractivity contribution is 6.34. The van der Waals surface area contributed by atoms with E-state index in [1.54, 1.807) is 12.1 Å². The van der Waals surface area contributed by atoms with Crippen LogP contribution in [0.3, 0.4) is 0 Å². The van der Waals surface area contributed by atoms with Gasteiger partial charge in [0, 0.05) is 11.7 Å². The smallest absolute Gasteiger partial charge is 0.250 e. The van der Waals surface area contributed by atoms with E-state index in [0.717, 1.165) is 12.1 Å². The number of nitrogens with one attached hydrogen (secondary N) is 1. The van der Waals surface area contributed by atoms with Crippen molar-refractivity contribution in [3.8, 4) is 0 Å². The minimum Gasteiger partial charge on any atom is -0.378 e. The third kappa shape index (κ3) is 3.76. The molecular formula is C17H19ClN2O. The lowest BCUT2D eigenvalue weighted by Crippen LogP contribution is -2.12. The van der Waals surface area contributed by atoms with Crippen LogP contribution in [-0.4, -0.2) is 5.91 Å². The Bertz CT molecular complexity index is 638. The van der Waals surface area contributed by atoms with Crippen molar-refractivity contribution >= 4 is 23.2 Å². The van der Waals surface area contributed by atoms with Gasteiger partial charge in [-0.15, -0.1) is 0 Å². The monoisotopic (exact) mass is 302 g/mol. The predicted octanol–water partition coefficient (Wildman–Crippen LogP) is 4.17. The zero-order valence-electron chi connectivity index (χ0n) is 12.2. The third-order valence-electron chi connectivity index (χ3n) is 3.51. The van der Waals surface area contributed by atoms with E-state index in [4.69, 9.17) is 17.3 Å². The molecular weight excluding hydrogens is 284 g/mol. The van der Waals surface area contributed by atoms with Crippen LogP contribution >= 0.6 is 11.6 Å². The summed E-state index contributed by atoms with van der Waals surface area (Å²) in [6, 6.07) is 13.8. The number of hydrogen-bond acceptors (Lipinski definition) is 2. The third-order valence-corrected chi connectivity index (χ3v) is 3.82. The second-order valence-electron chi connectivity index (χ2n) is 5.02. The Labute approximate surface area is 130 Å². The molecule has 0 fully saturated rings. The molecule has 2 aromatic carbocycles. The summed E-state index contributed by atoms with van der Waals surface area (Å²) in [7, 11) is 0. The molecule has 0 heterocycles. The average molecular weight is 303 g/mol. The summed E-state index contributed by atoms with van der Waals surface area (Å²) >= 11 is 6.05. The van der Waals surface area contributed by atoms with E-state index in [1.165, 1.54) is 11.1 Å². The van der Waals surface area contributed by atoms with Crippen LogP contribution in [0.4, 0.5) is 5.69 Å². The summed E-state index contributed by atoms with van der Waals surface area (Å²) in [5.41, 5.74) is 8.95. The number of amides is 1. The summed E-state index contributed by atoms with van der Waals surface area (Å²) in [6.45, 7) is 4.22. The maximum absolute atomic E-state index is 11.2. The normalized spacial score (nSPS) is 12.0. The summed E-state index contributed by atoms with van der Waals surface area (Å²) in [5, 5.41) is 3.73. The minimum atomic E-state index is -0.519. The average Bonchev–Trinajstić information content (AvgIpc) is 2.47. The van der Waals surface area contributed by atoms with E-state index >= 15 is 0 Å². The second kappa shape index (κ2) is 6.64. The van der Waals surface area contributed by atoms with Crippen molar-refractivity contribution < 1.29 is 4.79 Å². The maximum atomic E-state index is 11.2. The van der Waals surface area contributed by atoms with Crippen molar-refractivity contribution in [3.63, 3.8) is 0 Å². The lowest BCUT2D eigenvalue weighted by molar-refractivity contribution is 0.100. The first-order valence-corrected chi connectivity index (χ1v) is 7.33. The molecule has 110 valence electrons. The molecule has 2 rings (SSSR count). The van der Waals surface area contributed by atoms with Crippen LogP contribution in [0.25, 0.3) is 0 Å². The first-order valence-electron chi connectivity index (χ1n) is 6.96. The highest BCUT2D eigenvalue weighted by Gasteiger charge is 2.09. The molecule has 2 aromatic rings. The van der Waals surface area contributed by atoms with E-state index in [-0.39, 0.29) is 6.04 Å². The first-order chi connectivity index (χ1) is 10.0. The molecule has 1 unspecified atom stereocenters. The van der Waals surface area contributed by atoms with Crippen LogP contribution in [0.2, 0.25) is 5.02 Å². The van der Waals surface area contributed by atoms with Crippen LogP contribution in [0.5, 0.6) is 0 Å². The molecule has 0 radical (unpaired) electrons. The molecule has 1 amide bonds. The minimum absolute atomic E-state index is 0.145. The molecule has 0 aliphatic rings. The van der Waals surface area contributed by atoms with Gasteiger partial charge in [-0.3, -0.25) is 4.79 Å². The summed E-state index contributed by atoms with van der Waals surface area (Å²) in [4.78, 5) is 11.2. The summed E-state index contributed by atoms with van der Waals surface area (Å²) in [6.07, 6.45) is 1.03. The lowest BCUT2D eigenvalue weighted by atomic mass is 10.0. The number of halogens is 1. The summed E-state index contributed by atoms with van der Waals surface area (Å²) < 4.78 is 0. The van der Waals surface area contributed by atoms with Gasteiger partial charge in [0.2, 0.25) is 5.91 Å². The van der Waals surface area contributed by atoms with Crippen LogP contribution < -0.4 is 11.1 Å². The van der Waals surface area contributed by atoms with Crippen molar-refractivity contribution in [2.75, 3.05) is 5.32 Å². The molecule has 0 aliphatic carbocycles. The largest absolute Gasteiger partial charge is 0.378 e. The molecule has 21 heavy (non-hydrogen) atoms. The van der Waals surface area contributed by atoms with E-state index in [2.05, 4.69) is 43.4 Å². The molecule has 0 aromatic heterocycles. The fraction of sp³-hybridized carbons (Fsp3) is 0.235. The van der Waals surface area contributed by atoms with Crippen molar-refractivity contribution in [1.82, 2.24) is 0 Å². The SMILES string of the molecule is CCc1ccc(C(C)Nc2ccc(C(N)=O)c(Cl)c2)cc1. The molecule has 0 saturated heterocycles. The maximum Gasteiger partial charge on any atom is 0.250 e. The second-order valence-corrected chi connectivity index (χ2v) is 5.43.